The molecule has 1 fully saturated rings. The average molecular weight is 146 g/mol. The Bertz CT molecular complexity index is 145. The van der Waals surface area contributed by atoms with Crippen LogP contribution in [0, 0.1) is 0 Å². The molecule has 10 heavy (non-hydrogen) atoms. The highest BCUT2D eigenvalue weighted by molar-refractivity contribution is 5.05. The Hall–Kier alpha value is -0.580. The summed E-state index contributed by atoms with van der Waals surface area (Å²) in [5, 5.41) is 26.5. The molecular weight excluding hydrogens is 136 g/mol. The van der Waals surface area contributed by atoms with E-state index in [1.54, 1.807) is 0 Å². The van der Waals surface area contributed by atoms with Gasteiger partial charge in [0, 0.05) is 0 Å². The summed E-state index contributed by atoms with van der Waals surface area (Å²) in [5.41, 5.74) is 0. The Morgan fingerprint density at radius 2 is 2.10 bits per heavy atom. The third kappa shape index (κ3) is 1.01. The maximum atomic E-state index is 9.03. The van der Waals surface area contributed by atoms with Gasteiger partial charge in [0.1, 0.15) is 18.0 Å². The van der Waals surface area contributed by atoms with Crippen molar-refractivity contribution in [2.24, 2.45) is 0 Å². The van der Waals surface area contributed by atoms with Crippen LogP contribution < -0.4 is 0 Å². The maximum Gasteiger partial charge on any atom is 0.150 e. The molecule has 0 saturated carbocycles. The first-order chi connectivity index (χ1) is 4.66. The van der Waals surface area contributed by atoms with Crippen molar-refractivity contribution in [2.75, 3.05) is 6.61 Å². The Kier molecular flexibility index (Phi) is 1.94. The van der Waals surface area contributed by atoms with E-state index >= 15 is 0 Å². The molecule has 58 valence electrons. The van der Waals surface area contributed by atoms with Crippen molar-refractivity contribution < 1.29 is 20.1 Å². The molecule has 0 bridgehead atoms. The lowest BCUT2D eigenvalue weighted by Crippen LogP contribution is -2.31. The third-order valence-electron chi connectivity index (χ3n) is 1.52. The highest BCUT2D eigenvalue weighted by atomic mass is 16.5. The van der Waals surface area contributed by atoms with Gasteiger partial charge in [0.05, 0.1) is 6.61 Å². The number of aliphatic hydroxyl groups is 3. The Balaban J connectivity index is 2.61. The smallest absolute Gasteiger partial charge is 0.150 e. The van der Waals surface area contributed by atoms with Crippen LogP contribution in [0.25, 0.3) is 0 Å². The summed E-state index contributed by atoms with van der Waals surface area (Å²) in [6.45, 7) is 3.03. The summed E-state index contributed by atoms with van der Waals surface area (Å²) in [7, 11) is 0. The number of rotatable bonds is 1. The molecular formula is C6H10O4. The molecule has 1 aliphatic rings. The first kappa shape index (κ1) is 7.53. The molecule has 0 aromatic rings. The molecule has 0 spiro atoms. The molecule has 0 unspecified atom stereocenters. The zero-order chi connectivity index (χ0) is 7.72. The van der Waals surface area contributed by atoms with E-state index in [9.17, 15) is 0 Å². The Morgan fingerprint density at radius 3 is 2.30 bits per heavy atom. The van der Waals surface area contributed by atoms with Crippen LogP contribution in [0.2, 0.25) is 0 Å². The Morgan fingerprint density at radius 1 is 1.50 bits per heavy atom. The lowest BCUT2D eigenvalue weighted by atomic mass is 10.1. The van der Waals surface area contributed by atoms with E-state index in [1.807, 2.05) is 0 Å². The Labute approximate surface area is 58.4 Å². The second-order valence-electron chi connectivity index (χ2n) is 2.24. The van der Waals surface area contributed by atoms with Gasteiger partial charge in [0.2, 0.25) is 0 Å². The van der Waals surface area contributed by atoms with Gasteiger partial charge < -0.3 is 20.1 Å². The van der Waals surface area contributed by atoms with Gasteiger partial charge >= 0.3 is 0 Å². The second-order valence-corrected chi connectivity index (χ2v) is 2.24. The second kappa shape index (κ2) is 2.57. The minimum atomic E-state index is -1.06. The van der Waals surface area contributed by atoms with E-state index in [0.717, 1.165) is 0 Å². The summed E-state index contributed by atoms with van der Waals surface area (Å²) in [6, 6.07) is 0. The maximum absolute atomic E-state index is 9.03. The summed E-state index contributed by atoms with van der Waals surface area (Å²) in [4.78, 5) is 0. The van der Waals surface area contributed by atoms with Gasteiger partial charge in [-0.15, -0.1) is 0 Å². The van der Waals surface area contributed by atoms with Crippen molar-refractivity contribution >= 4 is 0 Å². The molecule has 3 atom stereocenters. The molecule has 4 heteroatoms. The van der Waals surface area contributed by atoms with E-state index in [4.69, 9.17) is 20.1 Å². The van der Waals surface area contributed by atoms with Crippen molar-refractivity contribution in [2.45, 2.75) is 18.3 Å². The van der Waals surface area contributed by atoms with Crippen molar-refractivity contribution in [3.63, 3.8) is 0 Å². The van der Waals surface area contributed by atoms with Crippen LogP contribution in [0.5, 0.6) is 0 Å². The molecule has 0 aromatic heterocycles. The van der Waals surface area contributed by atoms with E-state index < -0.39 is 18.3 Å². The molecule has 4 nitrogen and oxygen atoms in total. The quantitative estimate of drug-likeness (QED) is 0.426. The van der Waals surface area contributed by atoms with Crippen LogP contribution in [-0.4, -0.2) is 40.2 Å². The lowest BCUT2D eigenvalue weighted by molar-refractivity contribution is -0.00283. The number of aliphatic hydroxyl groups excluding tert-OH is 3. The fraction of sp³-hybridized carbons (Fsp3) is 0.667. The highest BCUT2D eigenvalue weighted by Crippen LogP contribution is 2.21. The first-order valence-electron chi connectivity index (χ1n) is 2.99. The van der Waals surface area contributed by atoms with Crippen molar-refractivity contribution in [3.8, 4) is 0 Å². The van der Waals surface area contributed by atoms with E-state index in [2.05, 4.69) is 6.58 Å². The number of ether oxygens (including phenoxy) is 1. The summed E-state index contributed by atoms with van der Waals surface area (Å²) < 4.78 is 4.79. The fourth-order valence-electron chi connectivity index (χ4n) is 0.873. The molecule has 3 N–H and O–H groups in total. The molecule has 1 saturated heterocycles. The topological polar surface area (TPSA) is 69.9 Å². The van der Waals surface area contributed by atoms with Crippen LogP contribution in [0.15, 0.2) is 12.3 Å². The van der Waals surface area contributed by atoms with Crippen LogP contribution in [0.1, 0.15) is 0 Å². The number of hydrogen-bond acceptors (Lipinski definition) is 4. The standard InChI is InChI=1S/C6H10O4/c1-3-5(8)6(9)4(2-7)10-3/h4-9H,1-2H2/t4-,5+,6-/m1/s1. The van der Waals surface area contributed by atoms with Gasteiger partial charge in [-0.1, -0.05) is 6.58 Å². The summed E-state index contributed by atoms with van der Waals surface area (Å²) in [6.07, 6.45) is -2.82. The molecule has 0 amide bonds. The van der Waals surface area contributed by atoms with E-state index in [-0.39, 0.29) is 12.4 Å². The third-order valence-corrected chi connectivity index (χ3v) is 1.52. The minimum Gasteiger partial charge on any atom is -0.487 e. The van der Waals surface area contributed by atoms with Crippen molar-refractivity contribution in [3.05, 3.63) is 12.3 Å². The zero-order valence-electron chi connectivity index (χ0n) is 5.40. The normalized spacial score (nSPS) is 39.9. The van der Waals surface area contributed by atoms with E-state index in [1.165, 1.54) is 0 Å². The van der Waals surface area contributed by atoms with Gasteiger partial charge in [-0.2, -0.15) is 0 Å². The van der Waals surface area contributed by atoms with Crippen LogP contribution >= 0.6 is 0 Å². The minimum absolute atomic E-state index is 0.117. The van der Waals surface area contributed by atoms with Gasteiger partial charge in [0.15, 0.2) is 6.10 Å². The largest absolute Gasteiger partial charge is 0.487 e. The van der Waals surface area contributed by atoms with Crippen LogP contribution in [-0.2, 0) is 4.74 Å². The van der Waals surface area contributed by atoms with Gasteiger partial charge in [-0.3, -0.25) is 0 Å². The van der Waals surface area contributed by atoms with Gasteiger partial charge in [0.25, 0.3) is 0 Å². The van der Waals surface area contributed by atoms with Crippen LogP contribution in [0.4, 0.5) is 0 Å². The fourth-order valence-corrected chi connectivity index (χ4v) is 0.873. The average Bonchev–Trinajstić information content (AvgIpc) is 2.17. The lowest BCUT2D eigenvalue weighted by Gasteiger charge is -2.09. The molecule has 1 aliphatic heterocycles. The molecule has 1 heterocycles. The molecule has 0 radical (unpaired) electrons. The van der Waals surface area contributed by atoms with Crippen LogP contribution in [0.3, 0.4) is 0 Å². The van der Waals surface area contributed by atoms with Crippen molar-refractivity contribution in [1.82, 2.24) is 0 Å². The predicted octanol–water partition coefficient (Wildman–Crippen LogP) is -1.39. The molecule has 1 rings (SSSR count). The van der Waals surface area contributed by atoms with Gasteiger partial charge in [-0.05, 0) is 0 Å². The number of hydrogen-bond donors (Lipinski definition) is 3. The van der Waals surface area contributed by atoms with Crippen molar-refractivity contribution in [1.29, 1.82) is 0 Å². The highest BCUT2D eigenvalue weighted by Gasteiger charge is 2.37. The predicted molar refractivity (Wildman–Crippen MR) is 33.1 cm³/mol. The SMILES string of the molecule is C=C1O[C@H](CO)[C@@H](O)[C@H]1O. The molecule has 0 aliphatic carbocycles. The first-order valence-corrected chi connectivity index (χ1v) is 2.99. The van der Waals surface area contributed by atoms with Gasteiger partial charge in [-0.25, -0.2) is 0 Å². The monoisotopic (exact) mass is 146 g/mol. The molecule has 0 aromatic carbocycles. The zero-order valence-corrected chi connectivity index (χ0v) is 5.40. The van der Waals surface area contributed by atoms with E-state index in [0.29, 0.717) is 0 Å². The summed E-state index contributed by atoms with van der Waals surface area (Å²) in [5.74, 6) is 0.117. The summed E-state index contributed by atoms with van der Waals surface area (Å²) >= 11 is 0.